The van der Waals surface area contributed by atoms with Gasteiger partial charge in [-0.3, -0.25) is 9.59 Å². The Morgan fingerprint density at radius 2 is 1.69 bits per heavy atom. The molecule has 3 aromatic rings. The lowest BCUT2D eigenvalue weighted by atomic mass is 10.0. The summed E-state index contributed by atoms with van der Waals surface area (Å²) in [7, 11) is 0. The number of carbonyl (C=O) groups excluding carboxylic acids is 2. The van der Waals surface area contributed by atoms with Crippen molar-refractivity contribution in [3.8, 4) is 0 Å². The Bertz CT molecular complexity index is 1130. The van der Waals surface area contributed by atoms with Crippen molar-refractivity contribution >= 4 is 23.4 Å². The van der Waals surface area contributed by atoms with Crippen LogP contribution in [0.3, 0.4) is 0 Å². The first-order valence-electron chi connectivity index (χ1n) is 11.9. The van der Waals surface area contributed by atoms with Crippen LogP contribution >= 0.6 is 11.6 Å². The van der Waals surface area contributed by atoms with Crippen molar-refractivity contribution < 1.29 is 14.0 Å². The Balaban J connectivity index is 2.01. The minimum absolute atomic E-state index is 0.0438. The summed E-state index contributed by atoms with van der Waals surface area (Å²) in [6, 6.07) is 21.0. The van der Waals surface area contributed by atoms with Gasteiger partial charge < -0.3 is 10.2 Å². The molecule has 6 heteroatoms. The smallest absolute Gasteiger partial charge is 0.243 e. The Hall–Kier alpha value is -3.18. The quantitative estimate of drug-likeness (QED) is 0.382. The summed E-state index contributed by atoms with van der Waals surface area (Å²) in [5.41, 5.74) is 3.01. The van der Waals surface area contributed by atoms with E-state index in [9.17, 15) is 14.0 Å². The van der Waals surface area contributed by atoms with E-state index in [4.69, 9.17) is 11.6 Å². The van der Waals surface area contributed by atoms with Crippen molar-refractivity contribution in [1.29, 1.82) is 0 Å². The third-order valence-electron chi connectivity index (χ3n) is 6.10. The fourth-order valence-electron chi connectivity index (χ4n) is 3.96. The lowest BCUT2D eigenvalue weighted by molar-refractivity contribution is -0.141. The average Bonchev–Trinajstić information content (AvgIpc) is 2.84. The molecule has 184 valence electrons. The van der Waals surface area contributed by atoms with Crippen molar-refractivity contribution in [3.63, 3.8) is 0 Å². The van der Waals surface area contributed by atoms with Crippen molar-refractivity contribution in [2.45, 2.75) is 58.7 Å². The first-order chi connectivity index (χ1) is 16.8. The third-order valence-corrected chi connectivity index (χ3v) is 6.45. The molecule has 0 bridgehead atoms. The number of aryl methyl sites for hydroxylation is 1. The van der Waals surface area contributed by atoms with E-state index in [0.717, 1.165) is 23.1 Å². The van der Waals surface area contributed by atoms with Crippen molar-refractivity contribution in [2.24, 2.45) is 0 Å². The van der Waals surface area contributed by atoms with Gasteiger partial charge in [-0.2, -0.15) is 0 Å². The molecule has 3 rings (SSSR count). The zero-order chi connectivity index (χ0) is 25.4. The molecule has 0 aliphatic rings. The lowest BCUT2D eigenvalue weighted by Gasteiger charge is -2.32. The summed E-state index contributed by atoms with van der Waals surface area (Å²) >= 11 is 6.23. The molecule has 35 heavy (non-hydrogen) atoms. The summed E-state index contributed by atoms with van der Waals surface area (Å²) in [5.74, 6) is -1.13. The maximum absolute atomic E-state index is 14.5. The highest BCUT2D eigenvalue weighted by Gasteiger charge is 2.31. The van der Waals surface area contributed by atoms with E-state index in [1.807, 2.05) is 75.4 Å². The molecule has 0 fully saturated rings. The van der Waals surface area contributed by atoms with E-state index < -0.39 is 11.9 Å². The number of rotatable bonds is 10. The molecule has 0 heterocycles. The van der Waals surface area contributed by atoms with Gasteiger partial charge in [0, 0.05) is 29.6 Å². The second-order valence-corrected chi connectivity index (χ2v) is 9.32. The predicted octanol–water partition coefficient (Wildman–Crippen LogP) is 5.88. The van der Waals surface area contributed by atoms with Gasteiger partial charge in [-0.25, -0.2) is 4.39 Å². The number of hydrogen-bond acceptors (Lipinski definition) is 2. The lowest BCUT2D eigenvalue weighted by Crippen LogP contribution is -2.52. The summed E-state index contributed by atoms with van der Waals surface area (Å²) in [5, 5.41) is 3.23. The first-order valence-corrected chi connectivity index (χ1v) is 12.3. The molecular formula is C29H32ClFN2O2. The van der Waals surface area contributed by atoms with Crippen LogP contribution in [0.25, 0.3) is 0 Å². The second kappa shape index (κ2) is 12.5. The standard InChI is InChI=1S/C29H32ClFN2O2/c1-4-21(3)32-29(35)27(17-22-11-6-5-7-12-22)33(19-23-13-8-10-20(2)16-23)28(34)18-24-25(30)14-9-15-26(24)31/h5-16,21,27H,4,17-19H2,1-3H3,(H,32,35)/t21-,27-/m1/s1. The maximum Gasteiger partial charge on any atom is 0.243 e. The first kappa shape index (κ1) is 26.4. The zero-order valence-electron chi connectivity index (χ0n) is 20.4. The van der Waals surface area contributed by atoms with Crippen LogP contribution in [0, 0.1) is 12.7 Å². The van der Waals surface area contributed by atoms with Crippen LogP contribution in [0.5, 0.6) is 0 Å². The summed E-state index contributed by atoms with van der Waals surface area (Å²) in [6.07, 6.45) is 0.866. The minimum Gasteiger partial charge on any atom is -0.352 e. The number of carbonyl (C=O) groups is 2. The van der Waals surface area contributed by atoms with Gasteiger partial charge in [-0.15, -0.1) is 0 Å². The van der Waals surface area contributed by atoms with Gasteiger partial charge in [0.1, 0.15) is 11.9 Å². The monoisotopic (exact) mass is 494 g/mol. The van der Waals surface area contributed by atoms with Gasteiger partial charge >= 0.3 is 0 Å². The highest BCUT2D eigenvalue weighted by molar-refractivity contribution is 6.31. The zero-order valence-corrected chi connectivity index (χ0v) is 21.2. The van der Waals surface area contributed by atoms with E-state index in [1.54, 1.807) is 11.0 Å². The average molecular weight is 495 g/mol. The van der Waals surface area contributed by atoms with Gasteiger partial charge in [0.15, 0.2) is 0 Å². The SMILES string of the molecule is CC[C@@H](C)NC(=O)[C@@H](Cc1ccccc1)N(Cc1cccc(C)c1)C(=O)Cc1c(F)cccc1Cl. The molecular weight excluding hydrogens is 463 g/mol. The number of nitrogens with one attached hydrogen (secondary N) is 1. The van der Waals surface area contributed by atoms with E-state index in [-0.39, 0.29) is 41.4 Å². The number of benzene rings is 3. The van der Waals surface area contributed by atoms with Crippen LogP contribution in [-0.4, -0.2) is 28.8 Å². The van der Waals surface area contributed by atoms with Crippen molar-refractivity contribution in [3.05, 3.63) is 106 Å². The highest BCUT2D eigenvalue weighted by atomic mass is 35.5. The molecule has 0 unspecified atom stereocenters. The van der Waals surface area contributed by atoms with Crippen LogP contribution in [0.15, 0.2) is 72.8 Å². The topological polar surface area (TPSA) is 49.4 Å². The molecule has 4 nitrogen and oxygen atoms in total. The molecule has 0 radical (unpaired) electrons. The number of nitrogens with zero attached hydrogens (tertiary/aromatic N) is 1. The van der Waals surface area contributed by atoms with Crippen LogP contribution in [0.1, 0.15) is 42.5 Å². The van der Waals surface area contributed by atoms with Crippen LogP contribution in [-0.2, 0) is 29.0 Å². The number of hydrogen-bond donors (Lipinski definition) is 1. The second-order valence-electron chi connectivity index (χ2n) is 8.91. The molecule has 0 saturated heterocycles. The fraction of sp³-hybridized carbons (Fsp3) is 0.310. The predicted molar refractivity (Wildman–Crippen MR) is 139 cm³/mol. The third kappa shape index (κ3) is 7.40. The molecule has 2 amide bonds. The molecule has 2 atom stereocenters. The molecule has 1 N–H and O–H groups in total. The van der Waals surface area contributed by atoms with Gasteiger partial charge in [0.2, 0.25) is 11.8 Å². The van der Waals surface area contributed by atoms with Gasteiger partial charge in [0.05, 0.1) is 6.42 Å². The van der Waals surface area contributed by atoms with Crippen molar-refractivity contribution in [2.75, 3.05) is 0 Å². The molecule has 0 saturated carbocycles. The summed E-state index contributed by atoms with van der Waals surface area (Å²) < 4.78 is 14.5. The molecule has 3 aromatic carbocycles. The Morgan fingerprint density at radius 3 is 2.34 bits per heavy atom. The van der Waals surface area contributed by atoms with Gasteiger partial charge in [-0.05, 0) is 43.5 Å². The van der Waals surface area contributed by atoms with Gasteiger partial charge in [0.25, 0.3) is 0 Å². The molecule has 0 aromatic heterocycles. The molecule has 0 aliphatic heterocycles. The summed E-state index contributed by atoms with van der Waals surface area (Å²) in [6.45, 7) is 6.13. The van der Waals surface area contributed by atoms with E-state index >= 15 is 0 Å². The normalized spacial score (nSPS) is 12.6. The van der Waals surface area contributed by atoms with Crippen LogP contribution in [0.4, 0.5) is 4.39 Å². The van der Waals surface area contributed by atoms with E-state index in [0.29, 0.717) is 6.42 Å². The molecule has 0 aliphatic carbocycles. The number of halogens is 2. The van der Waals surface area contributed by atoms with E-state index in [1.165, 1.54) is 12.1 Å². The van der Waals surface area contributed by atoms with Crippen LogP contribution < -0.4 is 5.32 Å². The minimum atomic E-state index is -0.773. The maximum atomic E-state index is 14.5. The highest BCUT2D eigenvalue weighted by Crippen LogP contribution is 2.23. The summed E-state index contributed by atoms with van der Waals surface area (Å²) in [4.78, 5) is 28.8. The van der Waals surface area contributed by atoms with E-state index in [2.05, 4.69) is 5.32 Å². The largest absolute Gasteiger partial charge is 0.352 e. The Kier molecular flexibility index (Phi) is 9.44. The fourth-order valence-corrected chi connectivity index (χ4v) is 4.19. The van der Waals surface area contributed by atoms with Crippen molar-refractivity contribution in [1.82, 2.24) is 10.2 Å². The van der Waals surface area contributed by atoms with Crippen LogP contribution in [0.2, 0.25) is 5.02 Å². The Labute approximate surface area is 212 Å². The number of amides is 2. The molecule has 0 spiro atoms. The Morgan fingerprint density at radius 1 is 1.00 bits per heavy atom. The van der Waals surface area contributed by atoms with Gasteiger partial charge in [-0.1, -0.05) is 84.8 Å².